The van der Waals surface area contributed by atoms with Gasteiger partial charge in [0.25, 0.3) is 0 Å². The fourth-order valence-corrected chi connectivity index (χ4v) is 5.47. The first kappa shape index (κ1) is 21.9. The summed E-state index contributed by atoms with van der Waals surface area (Å²) in [6, 6.07) is 14.4. The maximum atomic E-state index is 13.4. The van der Waals surface area contributed by atoms with Crippen molar-refractivity contribution < 1.29 is 19.0 Å². The van der Waals surface area contributed by atoms with Crippen molar-refractivity contribution >= 4 is 17.3 Å². The van der Waals surface area contributed by atoms with Gasteiger partial charge in [0.1, 0.15) is 11.5 Å². The number of amides is 1. The number of anilines is 2. The lowest BCUT2D eigenvalue weighted by Crippen LogP contribution is -2.61. The Bertz CT molecular complexity index is 991. The lowest BCUT2D eigenvalue weighted by atomic mass is 9.83. The fraction of sp³-hybridized carbons (Fsp3) is 0.500. The first-order valence-corrected chi connectivity index (χ1v) is 11.9. The third kappa shape index (κ3) is 4.34. The van der Waals surface area contributed by atoms with Crippen LogP contribution in [0.15, 0.2) is 42.5 Å². The van der Waals surface area contributed by atoms with Crippen molar-refractivity contribution in [1.82, 2.24) is 5.32 Å². The highest BCUT2D eigenvalue weighted by Crippen LogP contribution is 2.40. The van der Waals surface area contributed by atoms with Crippen molar-refractivity contribution in [1.29, 1.82) is 0 Å². The van der Waals surface area contributed by atoms with E-state index in [0.29, 0.717) is 6.54 Å². The van der Waals surface area contributed by atoms with Crippen LogP contribution < -0.4 is 24.6 Å². The van der Waals surface area contributed by atoms with Gasteiger partial charge in [-0.2, -0.15) is 0 Å². The average molecular weight is 452 g/mol. The molecule has 1 N–H and O–H groups in total. The Morgan fingerprint density at radius 1 is 1.12 bits per heavy atom. The fourth-order valence-electron chi connectivity index (χ4n) is 5.47. The monoisotopic (exact) mass is 451 g/mol. The van der Waals surface area contributed by atoms with Gasteiger partial charge in [-0.1, -0.05) is 18.2 Å². The summed E-state index contributed by atoms with van der Waals surface area (Å²) in [5, 5.41) is 3.20. The third-order valence-electron chi connectivity index (χ3n) is 7.22. The van der Waals surface area contributed by atoms with Crippen molar-refractivity contribution in [2.45, 2.75) is 31.4 Å². The van der Waals surface area contributed by atoms with Crippen LogP contribution in [0.1, 0.15) is 18.4 Å². The van der Waals surface area contributed by atoms with Gasteiger partial charge in [-0.25, -0.2) is 0 Å². The zero-order chi connectivity index (χ0) is 22.8. The molecule has 0 spiro atoms. The van der Waals surface area contributed by atoms with Gasteiger partial charge in [-0.05, 0) is 43.0 Å². The zero-order valence-corrected chi connectivity index (χ0v) is 19.5. The van der Waals surface area contributed by atoms with E-state index in [9.17, 15) is 4.79 Å². The first-order valence-electron chi connectivity index (χ1n) is 11.9. The zero-order valence-electron chi connectivity index (χ0n) is 19.5. The number of rotatable bonds is 6. The minimum absolute atomic E-state index is 0.0627. The molecule has 3 atom stereocenters. The molecule has 3 aliphatic heterocycles. The van der Waals surface area contributed by atoms with E-state index in [0.717, 1.165) is 62.7 Å². The molecule has 0 aromatic heterocycles. The molecule has 0 aliphatic carbocycles. The summed E-state index contributed by atoms with van der Waals surface area (Å²) in [5.74, 6) is 1.69. The second-order valence-electron chi connectivity index (χ2n) is 9.06. The van der Waals surface area contributed by atoms with E-state index in [2.05, 4.69) is 33.3 Å². The Kier molecular flexibility index (Phi) is 6.31. The number of hydrogen-bond donors (Lipinski definition) is 1. The molecular formula is C26H33N3O4. The molecule has 33 heavy (non-hydrogen) atoms. The topological polar surface area (TPSA) is 63.3 Å². The van der Waals surface area contributed by atoms with Gasteiger partial charge >= 0.3 is 0 Å². The summed E-state index contributed by atoms with van der Waals surface area (Å²) in [6.07, 6.45) is 2.95. The largest absolute Gasteiger partial charge is 0.497 e. The molecule has 2 fully saturated rings. The highest BCUT2D eigenvalue weighted by molar-refractivity contribution is 5.82. The van der Waals surface area contributed by atoms with Crippen LogP contribution in [0.5, 0.6) is 11.5 Å². The maximum Gasteiger partial charge on any atom is 0.225 e. The average Bonchev–Trinajstić information content (AvgIpc) is 3.40. The normalized spacial score (nSPS) is 24.1. The van der Waals surface area contributed by atoms with Crippen LogP contribution in [-0.2, 0) is 16.0 Å². The SMILES string of the molecule is COc1ccc2c(c1)N1CCN(c3ccccc3OC)C[C@@H]1[C@H](C(=O)NC[C@H]1CCCO1)C2. The minimum atomic E-state index is -0.134. The van der Waals surface area contributed by atoms with Crippen LogP contribution in [0.3, 0.4) is 0 Å². The number of benzene rings is 2. The van der Waals surface area contributed by atoms with E-state index in [1.54, 1.807) is 14.2 Å². The van der Waals surface area contributed by atoms with E-state index < -0.39 is 0 Å². The number of methoxy groups -OCH3 is 2. The van der Waals surface area contributed by atoms with Gasteiger partial charge in [0, 0.05) is 44.5 Å². The number of nitrogens with zero attached hydrogens (tertiary/aromatic N) is 2. The first-order chi connectivity index (χ1) is 16.2. The van der Waals surface area contributed by atoms with Crippen LogP contribution in [0.25, 0.3) is 0 Å². The van der Waals surface area contributed by atoms with Crippen molar-refractivity contribution in [3.63, 3.8) is 0 Å². The molecule has 3 heterocycles. The number of nitrogens with one attached hydrogen (secondary N) is 1. The molecule has 0 saturated carbocycles. The quantitative estimate of drug-likeness (QED) is 0.729. The van der Waals surface area contributed by atoms with Crippen molar-refractivity contribution in [3.8, 4) is 11.5 Å². The number of fused-ring (bicyclic) bond motifs is 3. The number of carbonyl (C=O) groups is 1. The van der Waals surface area contributed by atoms with Gasteiger partial charge in [0.15, 0.2) is 0 Å². The molecule has 2 aromatic rings. The van der Waals surface area contributed by atoms with Gasteiger partial charge < -0.3 is 29.3 Å². The molecule has 7 nitrogen and oxygen atoms in total. The summed E-state index contributed by atoms with van der Waals surface area (Å²) >= 11 is 0. The van der Waals surface area contributed by atoms with Crippen molar-refractivity contribution in [2.24, 2.45) is 5.92 Å². The smallest absolute Gasteiger partial charge is 0.225 e. The predicted octanol–water partition coefficient (Wildman–Crippen LogP) is 2.87. The summed E-state index contributed by atoms with van der Waals surface area (Å²) < 4.78 is 16.8. The molecule has 0 radical (unpaired) electrons. The molecule has 2 saturated heterocycles. The Morgan fingerprint density at radius 2 is 2.00 bits per heavy atom. The van der Waals surface area contributed by atoms with Gasteiger partial charge in [0.2, 0.25) is 5.91 Å². The summed E-state index contributed by atoms with van der Waals surface area (Å²) in [6.45, 7) is 3.84. The van der Waals surface area contributed by atoms with E-state index in [1.165, 1.54) is 11.3 Å². The Hall–Kier alpha value is -2.93. The number of para-hydroxylation sites is 2. The number of piperazine rings is 1. The number of hydrogen-bond acceptors (Lipinski definition) is 6. The second-order valence-corrected chi connectivity index (χ2v) is 9.06. The Balaban J connectivity index is 1.42. The lowest BCUT2D eigenvalue weighted by molar-refractivity contribution is -0.126. The second kappa shape index (κ2) is 9.51. The van der Waals surface area contributed by atoms with Crippen molar-refractivity contribution in [3.05, 3.63) is 48.0 Å². The van der Waals surface area contributed by atoms with Crippen molar-refractivity contribution in [2.75, 3.05) is 56.8 Å². The third-order valence-corrected chi connectivity index (χ3v) is 7.22. The van der Waals surface area contributed by atoms with Gasteiger partial charge in [0.05, 0.1) is 38.0 Å². The van der Waals surface area contributed by atoms with Crippen LogP contribution >= 0.6 is 0 Å². The van der Waals surface area contributed by atoms with E-state index in [1.807, 2.05) is 24.3 Å². The summed E-state index contributed by atoms with van der Waals surface area (Å²) in [7, 11) is 3.41. The predicted molar refractivity (Wildman–Crippen MR) is 129 cm³/mol. The molecule has 1 amide bonds. The lowest BCUT2D eigenvalue weighted by Gasteiger charge is -2.49. The van der Waals surface area contributed by atoms with E-state index in [4.69, 9.17) is 14.2 Å². The molecule has 176 valence electrons. The number of ether oxygens (including phenoxy) is 3. The standard InChI is InChI=1S/C26H33N3O4/c1-31-19-10-9-18-14-21(26(30)27-16-20-6-5-13-33-20)24-17-28(11-12-29(24)23(18)15-19)22-7-3-4-8-25(22)32-2/h3-4,7-10,15,20-21,24H,5-6,11-14,16-17H2,1-2H3,(H,27,30)/t20-,21-,24-/m1/s1. The van der Waals surface area contributed by atoms with E-state index in [-0.39, 0.29) is 24.0 Å². The van der Waals surface area contributed by atoms with Crippen LogP contribution in [0.2, 0.25) is 0 Å². The maximum absolute atomic E-state index is 13.4. The molecule has 3 aliphatic rings. The highest BCUT2D eigenvalue weighted by Gasteiger charge is 2.42. The van der Waals surface area contributed by atoms with Crippen LogP contribution in [-0.4, -0.2) is 65.1 Å². The Labute approximate surface area is 195 Å². The molecule has 0 bridgehead atoms. The van der Waals surface area contributed by atoms with E-state index >= 15 is 0 Å². The highest BCUT2D eigenvalue weighted by atomic mass is 16.5. The van der Waals surface area contributed by atoms with Gasteiger partial charge in [-0.3, -0.25) is 4.79 Å². The van der Waals surface area contributed by atoms with Crippen LogP contribution in [0, 0.1) is 5.92 Å². The number of carbonyl (C=O) groups excluding carboxylic acids is 1. The molecular weight excluding hydrogens is 418 g/mol. The molecule has 2 aromatic carbocycles. The molecule has 5 rings (SSSR count). The van der Waals surface area contributed by atoms with Crippen LogP contribution in [0.4, 0.5) is 11.4 Å². The minimum Gasteiger partial charge on any atom is -0.497 e. The summed E-state index contributed by atoms with van der Waals surface area (Å²) in [5.41, 5.74) is 3.46. The molecule has 0 unspecified atom stereocenters. The summed E-state index contributed by atoms with van der Waals surface area (Å²) in [4.78, 5) is 18.2. The molecule has 7 heteroatoms. The Morgan fingerprint density at radius 3 is 2.79 bits per heavy atom. The van der Waals surface area contributed by atoms with Gasteiger partial charge in [-0.15, -0.1) is 0 Å².